The number of thiol groups is 1. The second-order valence-electron chi connectivity index (χ2n) is 7.91. The Bertz CT molecular complexity index is 868. The van der Waals surface area contributed by atoms with Gasteiger partial charge in [0.1, 0.15) is 18.1 Å². The topological polar surface area (TPSA) is 188 Å². The molecule has 0 fully saturated rings. The molecule has 0 bridgehead atoms. The third-order valence-corrected chi connectivity index (χ3v) is 5.60. The van der Waals surface area contributed by atoms with Crippen LogP contribution in [0.2, 0.25) is 0 Å². The van der Waals surface area contributed by atoms with Gasteiger partial charge in [0.25, 0.3) is 0 Å². The van der Waals surface area contributed by atoms with Crippen molar-refractivity contribution in [3.63, 3.8) is 0 Å². The lowest BCUT2D eigenvalue weighted by Crippen LogP contribution is -2.59. The molecule has 0 spiro atoms. The van der Waals surface area contributed by atoms with Gasteiger partial charge in [0.2, 0.25) is 17.7 Å². The van der Waals surface area contributed by atoms with Gasteiger partial charge in [0.05, 0.1) is 12.5 Å². The van der Waals surface area contributed by atoms with Gasteiger partial charge in [-0.25, -0.2) is 4.79 Å². The van der Waals surface area contributed by atoms with Crippen LogP contribution in [0.25, 0.3) is 0 Å². The van der Waals surface area contributed by atoms with Crippen molar-refractivity contribution < 1.29 is 34.2 Å². The fourth-order valence-corrected chi connectivity index (χ4v) is 3.27. The number of carbonyl (C=O) groups excluding carboxylic acids is 3. The number of hydrogen-bond donors (Lipinski definition) is 7. The summed E-state index contributed by atoms with van der Waals surface area (Å²) in [5.41, 5.74) is 6.84. The monoisotopic (exact) mass is 496 g/mol. The Kier molecular flexibility index (Phi) is 12.1. The Morgan fingerprint density at radius 2 is 1.53 bits per heavy atom. The van der Waals surface area contributed by atoms with E-state index in [2.05, 4.69) is 28.6 Å². The van der Waals surface area contributed by atoms with Crippen LogP contribution in [-0.2, 0) is 30.4 Å². The first-order chi connectivity index (χ1) is 16.0. The Balaban J connectivity index is 2.96. The minimum absolute atomic E-state index is 0.236. The average molecular weight is 497 g/mol. The van der Waals surface area contributed by atoms with Crippen LogP contribution in [-0.4, -0.2) is 69.8 Å². The van der Waals surface area contributed by atoms with Gasteiger partial charge in [-0.15, -0.1) is 0 Å². The molecule has 3 amide bonds. The highest BCUT2D eigenvalue weighted by Gasteiger charge is 2.33. The summed E-state index contributed by atoms with van der Waals surface area (Å²) in [6.45, 7) is 3.51. The standard InChI is InChI=1S/C22H32N4O7S/c1-3-12(2)18(26-19(29)14(23)9-13-7-5-4-6-8-13)21(31)24-15(10-17(27)28)20(30)25-16(11-34)22(32)33/h4-8,12,14-16,18,34H,3,9-11,23H2,1-2H3,(H,24,31)(H,25,30)(H,26,29)(H,27,28)(H,32,33). The molecule has 0 aliphatic rings. The van der Waals surface area contributed by atoms with Gasteiger partial charge in [0, 0.05) is 5.75 Å². The SMILES string of the molecule is CCC(C)C(NC(=O)C(N)Cc1ccccc1)C(=O)NC(CC(=O)O)C(=O)NC(CS)C(=O)O. The van der Waals surface area contributed by atoms with Crippen molar-refractivity contribution in [2.24, 2.45) is 11.7 Å². The first-order valence-corrected chi connectivity index (χ1v) is 11.4. The molecule has 1 rings (SSSR count). The normalized spacial score (nSPS) is 15.2. The zero-order valence-corrected chi connectivity index (χ0v) is 20.0. The molecule has 1 aromatic carbocycles. The highest BCUT2D eigenvalue weighted by atomic mass is 32.1. The molecular weight excluding hydrogens is 464 g/mol. The van der Waals surface area contributed by atoms with E-state index in [4.69, 9.17) is 15.9 Å². The Morgan fingerprint density at radius 1 is 0.941 bits per heavy atom. The Hall–Kier alpha value is -3.12. The molecule has 1 aromatic rings. The molecule has 0 saturated carbocycles. The number of aliphatic carboxylic acids is 2. The first kappa shape index (κ1) is 28.9. The number of amides is 3. The fraction of sp³-hybridized carbons (Fsp3) is 0.500. The maximum Gasteiger partial charge on any atom is 0.327 e. The number of hydrogen-bond acceptors (Lipinski definition) is 7. The van der Waals surface area contributed by atoms with Crippen LogP contribution in [0.5, 0.6) is 0 Å². The average Bonchev–Trinajstić information content (AvgIpc) is 2.79. The molecule has 0 saturated heterocycles. The summed E-state index contributed by atoms with van der Waals surface area (Å²) in [6.07, 6.45) is -0.0557. The van der Waals surface area contributed by atoms with Crippen LogP contribution in [0.4, 0.5) is 0 Å². The van der Waals surface area contributed by atoms with E-state index in [0.29, 0.717) is 6.42 Å². The predicted octanol–water partition coefficient (Wildman–Crippen LogP) is -0.454. The van der Waals surface area contributed by atoms with Crippen molar-refractivity contribution in [1.82, 2.24) is 16.0 Å². The lowest BCUT2D eigenvalue weighted by Gasteiger charge is -2.27. The third kappa shape index (κ3) is 9.40. The molecule has 0 heterocycles. The largest absolute Gasteiger partial charge is 0.481 e. The smallest absolute Gasteiger partial charge is 0.327 e. The Morgan fingerprint density at radius 3 is 2.03 bits per heavy atom. The van der Waals surface area contributed by atoms with Crippen LogP contribution in [0.15, 0.2) is 30.3 Å². The number of nitrogens with two attached hydrogens (primary N) is 1. The summed E-state index contributed by atoms with van der Waals surface area (Å²) in [4.78, 5) is 60.5. The zero-order valence-electron chi connectivity index (χ0n) is 19.1. The molecule has 5 unspecified atom stereocenters. The summed E-state index contributed by atoms with van der Waals surface area (Å²) in [7, 11) is 0. The second-order valence-corrected chi connectivity index (χ2v) is 8.27. The van der Waals surface area contributed by atoms with Gasteiger partial charge in [-0.2, -0.15) is 12.6 Å². The summed E-state index contributed by atoms with van der Waals surface area (Å²) >= 11 is 3.84. The van der Waals surface area contributed by atoms with E-state index in [1.807, 2.05) is 30.3 Å². The molecule has 34 heavy (non-hydrogen) atoms. The number of carbonyl (C=O) groups is 5. The number of carboxylic acids is 2. The highest BCUT2D eigenvalue weighted by molar-refractivity contribution is 7.80. The summed E-state index contributed by atoms with van der Waals surface area (Å²) < 4.78 is 0. The molecular formula is C22H32N4O7S. The van der Waals surface area contributed by atoms with Gasteiger partial charge < -0.3 is 31.9 Å². The van der Waals surface area contributed by atoms with Crippen molar-refractivity contribution in [3.05, 3.63) is 35.9 Å². The van der Waals surface area contributed by atoms with Gasteiger partial charge in [-0.05, 0) is 17.9 Å². The maximum absolute atomic E-state index is 13.0. The molecule has 5 atom stereocenters. The zero-order chi connectivity index (χ0) is 25.8. The van der Waals surface area contributed by atoms with Gasteiger partial charge >= 0.3 is 11.9 Å². The second kappa shape index (κ2) is 14.2. The lowest BCUT2D eigenvalue weighted by atomic mass is 9.96. The number of benzene rings is 1. The molecule has 0 aromatic heterocycles. The lowest BCUT2D eigenvalue weighted by molar-refractivity contribution is -0.143. The summed E-state index contributed by atoms with van der Waals surface area (Å²) in [6, 6.07) is 4.12. The van der Waals surface area contributed by atoms with Gasteiger partial charge in [0.15, 0.2) is 0 Å². The quantitative estimate of drug-likeness (QED) is 0.169. The number of rotatable bonds is 14. The first-order valence-electron chi connectivity index (χ1n) is 10.8. The van der Waals surface area contributed by atoms with E-state index < -0.39 is 60.2 Å². The minimum atomic E-state index is -1.56. The number of carboxylic acid groups (broad SMARTS) is 2. The molecule has 0 aliphatic heterocycles. The van der Waals surface area contributed by atoms with Crippen LogP contribution >= 0.6 is 12.6 Å². The number of nitrogens with one attached hydrogen (secondary N) is 3. The summed E-state index contributed by atoms with van der Waals surface area (Å²) in [5, 5.41) is 25.3. The molecule has 188 valence electrons. The third-order valence-electron chi connectivity index (χ3n) is 5.24. The van der Waals surface area contributed by atoms with E-state index in [0.717, 1.165) is 5.56 Å². The highest BCUT2D eigenvalue weighted by Crippen LogP contribution is 2.10. The van der Waals surface area contributed by atoms with E-state index in [9.17, 15) is 24.0 Å². The fourth-order valence-electron chi connectivity index (χ4n) is 3.03. The molecule has 7 N–H and O–H groups in total. The van der Waals surface area contributed by atoms with E-state index in [1.54, 1.807) is 13.8 Å². The van der Waals surface area contributed by atoms with Crippen LogP contribution in [0.3, 0.4) is 0 Å². The molecule has 12 heteroatoms. The van der Waals surface area contributed by atoms with Crippen LogP contribution < -0.4 is 21.7 Å². The Labute approximate surface area is 203 Å². The van der Waals surface area contributed by atoms with Crippen molar-refractivity contribution in [1.29, 1.82) is 0 Å². The van der Waals surface area contributed by atoms with Gasteiger partial charge in [-0.3, -0.25) is 19.2 Å². The molecule has 11 nitrogen and oxygen atoms in total. The maximum atomic E-state index is 13.0. The predicted molar refractivity (Wildman–Crippen MR) is 127 cm³/mol. The van der Waals surface area contributed by atoms with Crippen molar-refractivity contribution >= 4 is 42.3 Å². The van der Waals surface area contributed by atoms with Crippen molar-refractivity contribution in [3.8, 4) is 0 Å². The molecule has 0 radical (unpaired) electrons. The van der Waals surface area contributed by atoms with Crippen molar-refractivity contribution in [2.45, 2.75) is 57.3 Å². The van der Waals surface area contributed by atoms with Crippen LogP contribution in [0.1, 0.15) is 32.3 Å². The summed E-state index contributed by atoms with van der Waals surface area (Å²) in [5.74, 6) is -5.70. The van der Waals surface area contributed by atoms with Gasteiger partial charge in [-0.1, -0.05) is 50.6 Å². The van der Waals surface area contributed by atoms with Crippen LogP contribution in [0, 0.1) is 5.92 Å². The van der Waals surface area contributed by atoms with Crippen molar-refractivity contribution in [2.75, 3.05) is 5.75 Å². The van der Waals surface area contributed by atoms with E-state index in [1.165, 1.54) is 0 Å². The van der Waals surface area contributed by atoms with E-state index >= 15 is 0 Å². The minimum Gasteiger partial charge on any atom is -0.481 e. The van der Waals surface area contributed by atoms with E-state index in [-0.39, 0.29) is 18.1 Å². The molecule has 0 aliphatic carbocycles.